The molecule has 120 valence electrons. The number of hydrogen-bond acceptors (Lipinski definition) is 7. The van der Waals surface area contributed by atoms with Crippen molar-refractivity contribution in [3.8, 4) is 0 Å². The van der Waals surface area contributed by atoms with Crippen LogP contribution in [0, 0.1) is 0 Å². The third-order valence-electron chi connectivity index (χ3n) is 3.44. The van der Waals surface area contributed by atoms with Crippen molar-refractivity contribution >= 4 is 29.7 Å². The number of amides is 1. The molecular weight excluding hydrogens is 326 g/mol. The number of carbonyl (C=O) groups is 1. The number of likely N-dealkylation sites (N-methyl/N-ethyl adjacent to an activating group) is 1. The molecule has 2 aromatic rings. The highest BCUT2D eigenvalue weighted by Crippen LogP contribution is 2.17. The summed E-state index contributed by atoms with van der Waals surface area (Å²) >= 11 is 1.40. The second-order valence-corrected chi connectivity index (χ2v) is 5.85. The Morgan fingerprint density at radius 2 is 2.50 bits per heavy atom. The summed E-state index contributed by atoms with van der Waals surface area (Å²) in [5.41, 5.74) is 0. The minimum absolute atomic E-state index is 0. The van der Waals surface area contributed by atoms with Crippen molar-refractivity contribution in [2.24, 2.45) is 0 Å². The van der Waals surface area contributed by atoms with E-state index in [1.807, 2.05) is 18.5 Å². The number of nitrogens with one attached hydrogen (secondary N) is 2. The molecule has 1 unspecified atom stereocenters. The fraction of sp³-hybridized carbons (Fsp3) is 0.462. The lowest BCUT2D eigenvalue weighted by Gasteiger charge is -2.30. The Kier molecular flexibility index (Phi) is 5.90. The Balaban J connectivity index is 0.00000176. The summed E-state index contributed by atoms with van der Waals surface area (Å²) in [6.45, 7) is 2.96. The lowest BCUT2D eigenvalue weighted by molar-refractivity contribution is 0.0950. The fourth-order valence-corrected chi connectivity index (χ4v) is 2.86. The van der Waals surface area contributed by atoms with Gasteiger partial charge < -0.3 is 15.2 Å². The van der Waals surface area contributed by atoms with Gasteiger partial charge in [-0.15, -0.1) is 23.7 Å². The third kappa shape index (κ3) is 3.83. The lowest BCUT2D eigenvalue weighted by atomic mass is 10.2. The Hall–Kier alpha value is -1.48. The highest BCUT2D eigenvalue weighted by molar-refractivity contribution is 7.12. The van der Waals surface area contributed by atoms with Gasteiger partial charge in [0.1, 0.15) is 0 Å². The van der Waals surface area contributed by atoms with E-state index in [-0.39, 0.29) is 30.9 Å². The monoisotopic (exact) mass is 343 g/mol. The van der Waals surface area contributed by atoms with Crippen molar-refractivity contribution in [1.82, 2.24) is 25.7 Å². The molecule has 1 aliphatic heterocycles. The first-order chi connectivity index (χ1) is 10.2. The Labute approximate surface area is 138 Å². The zero-order chi connectivity index (χ0) is 14.7. The molecule has 1 fully saturated rings. The molecule has 3 heterocycles. The van der Waals surface area contributed by atoms with Crippen LogP contribution in [0.1, 0.15) is 27.4 Å². The minimum atomic E-state index is -0.124. The van der Waals surface area contributed by atoms with E-state index in [4.69, 9.17) is 4.52 Å². The van der Waals surface area contributed by atoms with Gasteiger partial charge >= 0.3 is 0 Å². The van der Waals surface area contributed by atoms with Crippen LogP contribution < -0.4 is 10.6 Å². The molecule has 0 aromatic carbocycles. The van der Waals surface area contributed by atoms with E-state index in [1.165, 1.54) is 11.3 Å². The van der Waals surface area contributed by atoms with E-state index in [0.717, 1.165) is 19.6 Å². The largest absolute Gasteiger partial charge is 0.342 e. The summed E-state index contributed by atoms with van der Waals surface area (Å²) in [6.07, 6.45) is 0. The summed E-state index contributed by atoms with van der Waals surface area (Å²) in [6, 6.07) is 3.74. The Morgan fingerprint density at radius 3 is 3.23 bits per heavy atom. The predicted molar refractivity (Wildman–Crippen MR) is 85.3 cm³/mol. The van der Waals surface area contributed by atoms with Gasteiger partial charge in [-0.05, 0) is 18.5 Å². The van der Waals surface area contributed by atoms with Crippen LogP contribution in [0.2, 0.25) is 0 Å². The van der Waals surface area contributed by atoms with Crippen LogP contribution in [0.5, 0.6) is 0 Å². The predicted octanol–water partition coefficient (Wildman–Crippen LogP) is 1.06. The first-order valence-corrected chi connectivity index (χ1v) is 7.67. The molecule has 1 saturated heterocycles. The zero-order valence-corrected chi connectivity index (χ0v) is 13.7. The third-order valence-corrected chi connectivity index (χ3v) is 4.31. The quantitative estimate of drug-likeness (QED) is 0.863. The van der Waals surface area contributed by atoms with Crippen molar-refractivity contribution in [2.75, 3.05) is 26.7 Å². The van der Waals surface area contributed by atoms with E-state index < -0.39 is 0 Å². The molecule has 0 saturated carbocycles. The van der Waals surface area contributed by atoms with E-state index in [1.54, 1.807) is 6.07 Å². The van der Waals surface area contributed by atoms with Gasteiger partial charge in [0, 0.05) is 19.6 Å². The summed E-state index contributed by atoms with van der Waals surface area (Å²) in [7, 11) is 2.04. The second-order valence-electron chi connectivity index (χ2n) is 4.91. The molecule has 2 N–H and O–H groups in total. The number of carbonyl (C=O) groups excluding carboxylic acids is 1. The summed E-state index contributed by atoms with van der Waals surface area (Å²) < 4.78 is 5.21. The number of hydrogen-bond donors (Lipinski definition) is 2. The summed E-state index contributed by atoms with van der Waals surface area (Å²) in [4.78, 5) is 19.1. The van der Waals surface area contributed by atoms with Gasteiger partial charge in [-0.25, -0.2) is 0 Å². The average molecular weight is 344 g/mol. The Bertz CT molecular complexity index is 603. The molecule has 22 heavy (non-hydrogen) atoms. The molecule has 0 spiro atoms. The van der Waals surface area contributed by atoms with Crippen LogP contribution in [-0.2, 0) is 6.54 Å². The lowest BCUT2D eigenvalue weighted by Crippen LogP contribution is -2.44. The molecule has 7 nitrogen and oxygen atoms in total. The number of thiophene rings is 1. The maximum Gasteiger partial charge on any atom is 0.261 e. The maximum atomic E-state index is 11.8. The molecule has 0 bridgehead atoms. The number of halogens is 1. The van der Waals surface area contributed by atoms with Crippen LogP contribution in [0.3, 0.4) is 0 Å². The SMILES string of the molecule is CN1CCNCC1c1noc(CNC(=O)c2cccs2)n1.Cl. The van der Waals surface area contributed by atoms with E-state index in [9.17, 15) is 4.79 Å². The van der Waals surface area contributed by atoms with Crippen LogP contribution in [0.25, 0.3) is 0 Å². The van der Waals surface area contributed by atoms with Crippen molar-refractivity contribution in [1.29, 1.82) is 0 Å². The molecule has 2 aromatic heterocycles. The normalized spacial score (nSPS) is 18.7. The van der Waals surface area contributed by atoms with Crippen molar-refractivity contribution in [3.63, 3.8) is 0 Å². The van der Waals surface area contributed by atoms with Gasteiger partial charge in [0.15, 0.2) is 5.82 Å². The second kappa shape index (κ2) is 7.68. The molecule has 1 amide bonds. The standard InChI is InChI=1S/C13H17N5O2S.ClH/c1-18-5-4-14-7-9(18)12-16-11(20-17-12)8-15-13(19)10-3-2-6-21-10;/h2-3,6,9,14H,4-5,7-8H2,1H3,(H,15,19);1H. The van der Waals surface area contributed by atoms with Crippen molar-refractivity contribution in [3.05, 3.63) is 34.1 Å². The Morgan fingerprint density at radius 1 is 1.64 bits per heavy atom. The highest BCUT2D eigenvalue weighted by atomic mass is 35.5. The molecule has 9 heteroatoms. The van der Waals surface area contributed by atoms with Crippen molar-refractivity contribution in [2.45, 2.75) is 12.6 Å². The van der Waals surface area contributed by atoms with Gasteiger partial charge in [-0.1, -0.05) is 11.2 Å². The molecular formula is C13H18ClN5O2S. The first kappa shape index (κ1) is 16.9. The summed E-state index contributed by atoms with van der Waals surface area (Å²) in [5, 5.41) is 12.0. The van der Waals surface area contributed by atoms with Crippen LogP contribution in [0.4, 0.5) is 0 Å². The molecule has 0 radical (unpaired) electrons. The first-order valence-electron chi connectivity index (χ1n) is 6.79. The van der Waals surface area contributed by atoms with E-state index in [2.05, 4.69) is 25.7 Å². The average Bonchev–Trinajstić information content (AvgIpc) is 3.17. The highest BCUT2D eigenvalue weighted by Gasteiger charge is 2.25. The van der Waals surface area contributed by atoms with Gasteiger partial charge in [0.05, 0.1) is 17.5 Å². The van der Waals surface area contributed by atoms with E-state index in [0.29, 0.717) is 16.6 Å². The van der Waals surface area contributed by atoms with Gasteiger partial charge in [0.25, 0.3) is 5.91 Å². The molecule has 3 rings (SSSR count). The van der Waals surface area contributed by atoms with Gasteiger partial charge in [0.2, 0.25) is 5.89 Å². The summed E-state index contributed by atoms with van der Waals surface area (Å²) in [5.74, 6) is 0.958. The van der Waals surface area contributed by atoms with E-state index >= 15 is 0 Å². The zero-order valence-electron chi connectivity index (χ0n) is 12.1. The van der Waals surface area contributed by atoms with Crippen molar-refractivity contribution < 1.29 is 9.32 Å². The topological polar surface area (TPSA) is 83.3 Å². The van der Waals surface area contributed by atoms with Gasteiger partial charge in [-0.2, -0.15) is 4.98 Å². The van der Waals surface area contributed by atoms with Crippen LogP contribution in [-0.4, -0.2) is 47.6 Å². The number of aromatic nitrogens is 2. The van der Waals surface area contributed by atoms with Crippen LogP contribution >= 0.6 is 23.7 Å². The minimum Gasteiger partial charge on any atom is -0.342 e. The smallest absolute Gasteiger partial charge is 0.261 e. The maximum absolute atomic E-state index is 11.8. The molecule has 0 aliphatic carbocycles. The molecule has 1 atom stereocenters. The molecule has 1 aliphatic rings. The van der Waals surface area contributed by atoms with Crippen LogP contribution in [0.15, 0.2) is 22.0 Å². The number of piperazine rings is 1. The fourth-order valence-electron chi connectivity index (χ4n) is 2.22. The van der Waals surface area contributed by atoms with Gasteiger partial charge in [-0.3, -0.25) is 9.69 Å². The number of nitrogens with zero attached hydrogens (tertiary/aromatic N) is 3. The number of rotatable bonds is 4.